The van der Waals surface area contributed by atoms with Gasteiger partial charge in [-0.25, -0.2) is 8.42 Å². The largest absolute Gasteiger partial charge is 0.493 e. The second kappa shape index (κ2) is 10.0. The van der Waals surface area contributed by atoms with Crippen molar-refractivity contribution in [1.29, 1.82) is 0 Å². The average molecular weight is 448 g/mol. The summed E-state index contributed by atoms with van der Waals surface area (Å²) in [5.74, 6) is 1.48. The second-order valence-electron chi connectivity index (χ2n) is 7.47. The predicted molar refractivity (Wildman–Crippen MR) is 118 cm³/mol. The summed E-state index contributed by atoms with van der Waals surface area (Å²) in [6, 6.07) is 11.7. The van der Waals surface area contributed by atoms with Gasteiger partial charge in [0, 0.05) is 19.0 Å². The summed E-state index contributed by atoms with van der Waals surface area (Å²) in [7, 11) is 1.19. The van der Waals surface area contributed by atoms with Crippen LogP contribution < -0.4 is 14.2 Å². The summed E-state index contributed by atoms with van der Waals surface area (Å²) < 4.78 is 41.7. The molecule has 1 heterocycles. The minimum absolute atomic E-state index is 0.0531. The van der Waals surface area contributed by atoms with Crippen LogP contribution in [0.1, 0.15) is 24.8 Å². The van der Waals surface area contributed by atoms with Gasteiger partial charge in [0.2, 0.25) is 11.7 Å². The van der Waals surface area contributed by atoms with Gasteiger partial charge in [-0.2, -0.15) is 0 Å². The lowest BCUT2D eigenvalue weighted by Gasteiger charge is -2.25. The van der Waals surface area contributed by atoms with Crippen LogP contribution in [0.4, 0.5) is 0 Å². The average Bonchev–Trinajstić information content (AvgIpc) is 3.24. The number of amides is 1. The molecule has 0 N–H and O–H groups in total. The predicted octanol–water partition coefficient (Wildman–Crippen LogP) is 3.11. The number of hydrogen-bond acceptors (Lipinski definition) is 6. The lowest BCUT2D eigenvalue weighted by Crippen LogP contribution is -2.39. The van der Waals surface area contributed by atoms with Crippen LogP contribution in [0.3, 0.4) is 0 Å². The molecule has 2 aromatic rings. The van der Waals surface area contributed by atoms with Crippen LogP contribution in [0.25, 0.3) is 0 Å². The van der Waals surface area contributed by atoms with E-state index in [9.17, 15) is 13.2 Å². The highest BCUT2D eigenvalue weighted by Gasteiger charge is 2.33. The van der Waals surface area contributed by atoms with E-state index in [-0.39, 0.29) is 24.1 Å². The Morgan fingerprint density at radius 1 is 1.00 bits per heavy atom. The van der Waals surface area contributed by atoms with Crippen LogP contribution in [0.2, 0.25) is 0 Å². The molecule has 168 valence electrons. The lowest BCUT2D eigenvalue weighted by atomic mass is 10.1. The Labute approximate surface area is 183 Å². The number of hydrogen-bond donors (Lipinski definition) is 0. The Bertz CT molecular complexity index is 1010. The van der Waals surface area contributed by atoms with Gasteiger partial charge in [0.25, 0.3) is 0 Å². The molecule has 1 fully saturated rings. The van der Waals surface area contributed by atoms with Gasteiger partial charge in [0.15, 0.2) is 21.3 Å². The van der Waals surface area contributed by atoms with Crippen molar-refractivity contribution in [3.63, 3.8) is 0 Å². The molecule has 0 saturated carbocycles. The molecule has 1 amide bonds. The summed E-state index contributed by atoms with van der Waals surface area (Å²) in [5, 5.41) is 0. The summed E-state index contributed by atoms with van der Waals surface area (Å²) in [4.78, 5) is 15.0. The van der Waals surface area contributed by atoms with Crippen molar-refractivity contribution in [1.82, 2.24) is 4.90 Å². The van der Waals surface area contributed by atoms with E-state index in [1.165, 1.54) is 7.11 Å². The normalized spacial score (nSPS) is 16.2. The number of carbonyl (C=O) groups excluding carboxylic acids is 1. The van der Waals surface area contributed by atoms with E-state index in [2.05, 4.69) is 0 Å². The van der Waals surface area contributed by atoms with Gasteiger partial charge in [-0.3, -0.25) is 4.79 Å². The van der Waals surface area contributed by atoms with Gasteiger partial charge in [-0.15, -0.1) is 0 Å². The smallest absolute Gasteiger partial charge is 0.223 e. The van der Waals surface area contributed by atoms with E-state index in [0.717, 1.165) is 12.0 Å². The quantitative estimate of drug-likeness (QED) is 0.588. The molecule has 1 aliphatic heterocycles. The summed E-state index contributed by atoms with van der Waals surface area (Å²) in [6.45, 7) is 0.580. The molecule has 0 aliphatic carbocycles. The van der Waals surface area contributed by atoms with Gasteiger partial charge < -0.3 is 19.1 Å². The molecule has 31 heavy (non-hydrogen) atoms. The van der Waals surface area contributed by atoms with Crippen LogP contribution in [-0.2, 0) is 21.1 Å². The third-order valence-corrected chi connectivity index (χ3v) is 7.42. The first-order chi connectivity index (χ1) is 14.9. The Morgan fingerprint density at radius 3 is 2.35 bits per heavy atom. The maximum Gasteiger partial charge on any atom is 0.223 e. The number of likely N-dealkylation sites (tertiary alicyclic amines) is 1. The van der Waals surface area contributed by atoms with Crippen molar-refractivity contribution in [3.05, 3.63) is 48.0 Å². The fraction of sp³-hybridized carbons (Fsp3) is 0.435. The van der Waals surface area contributed by atoms with Crippen molar-refractivity contribution < 1.29 is 27.4 Å². The van der Waals surface area contributed by atoms with Gasteiger partial charge in [0.05, 0.1) is 32.0 Å². The number of aryl methyl sites for hydroxylation is 1. The van der Waals surface area contributed by atoms with Crippen molar-refractivity contribution in [3.8, 4) is 17.2 Å². The molecule has 8 heteroatoms. The third-order valence-electron chi connectivity index (χ3n) is 5.61. The van der Waals surface area contributed by atoms with Crippen LogP contribution in [0, 0.1) is 0 Å². The highest BCUT2D eigenvalue weighted by atomic mass is 32.2. The summed E-state index contributed by atoms with van der Waals surface area (Å²) in [5.41, 5.74) is 0.834. The molecule has 1 unspecified atom stereocenters. The molecule has 1 saturated heterocycles. The Kier molecular flexibility index (Phi) is 7.43. The SMILES string of the molecule is COc1ccc(CCC(=O)N2CCCC2CS(=O)(=O)c2ccccc2)c(OC)c1OC. The number of carbonyl (C=O) groups is 1. The molecule has 1 atom stereocenters. The highest BCUT2D eigenvalue weighted by molar-refractivity contribution is 7.91. The molecule has 0 aromatic heterocycles. The number of benzene rings is 2. The summed E-state index contributed by atoms with van der Waals surface area (Å²) in [6.07, 6.45) is 2.21. The topological polar surface area (TPSA) is 82.1 Å². The molecule has 3 rings (SSSR count). The molecule has 0 radical (unpaired) electrons. The van der Waals surface area contributed by atoms with Crippen molar-refractivity contribution in [2.45, 2.75) is 36.6 Å². The number of ether oxygens (including phenoxy) is 3. The van der Waals surface area contributed by atoms with E-state index in [4.69, 9.17) is 14.2 Å². The molecule has 7 nitrogen and oxygen atoms in total. The van der Waals surface area contributed by atoms with E-state index >= 15 is 0 Å². The first-order valence-corrected chi connectivity index (χ1v) is 11.9. The fourth-order valence-electron chi connectivity index (χ4n) is 4.06. The monoisotopic (exact) mass is 447 g/mol. The second-order valence-corrected chi connectivity index (χ2v) is 9.51. The zero-order chi connectivity index (χ0) is 22.4. The molecule has 0 bridgehead atoms. The molecule has 0 spiro atoms. The van der Waals surface area contributed by atoms with Gasteiger partial charge in [-0.05, 0) is 43.0 Å². The first kappa shape index (κ1) is 22.9. The summed E-state index contributed by atoms with van der Waals surface area (Å²) >= 11 is 0. The molecule has 1 aliphatic rings. The van der Waals surface area contributed by atoms with Gasteiger partial charge in [0.1, 0.15) is 0 Å². The van der Waals surface area contributed by atoms with E-state index < -0.39 is 9.84 Å². The number of rotatable bonds is 9. The zero-order valence-electron chi connectivity index (χ0n) is 18.2. The Balaban J connectivity index is 1.69. The van der Waals surface area contributed by atoms with Gasteiger partial charge in [-0.1, -0.05) is 24.3 Å². The zero-order valence-corrected chi connectivity index (χ0v) is 19.0. The maximum atomic E-state index is 13.0. The Hall–Kier alpha value is -2.74. The Morgan fingerprint density at radius 2 is 1.71 bits per heavy atom. The highest BCUT2D eigenvalue weighted by Crippen LogP contribution is 2.40. The fourth-order valence-corrected chi connectivity index (χ4v) is 5.68. The van der Waals surface area contributed by atoms with Crippen LogP contribution in [0.5, 0.6) is 17.2 Å². The first-order valence-electron chi connectivity index (χ1n) is 10.3. The number of nitrogens with zero attached hydrogens (tertiary/aromatic N) is 1. The van der Waals surface area contributed by atoms with Crippen LogP contribution in [0.15, 0.2) is 47.4 Å². The van der Waals surface area contributed by atoms with Crippen LogP contribution >= 0.6 is 0 Å². The number of methoxy groups -OCH3 is 3. The van der Waals surface area contributed by atoms with E-state index in [1.807, 2.05) is 6.07 Å². The van der Waals surface area contributed by atoms with Crippen LogP contribution in [-0.4, -0.2) is 58.9 Å². The minimum Gasteiger partial charge on any atom is -0.493 e. The van der Waals surface area contributed by atoms with E-state index in [0.29, 0.717) is 41.5 Å². The van der Waals surface area contributed by atoms with Crippen molar-refractivity contribution >= 4 is 15.7 Å². The number of sulfone groups is 1. The standard InChI is InChI=1S/C23H29NO6S/c1-28-20-13-11-17(22(29-2)23(20)30-3)12-14-21(25)24-15-7-8-18(24)16-31(26,27)19-9-5-4-6-10-19/h4-6,9-11,13,18H,7-8,12,14-16H2,1-3H3. The maximum absolute atomic E-state index is 13.0. The molecular formula is C23H29NO6S. The lowest BCUT2D eigenvalue weighted by molar-refractivity contribution is -0.131. The van der Waals surface area contributed by atoms with Crippen molar-refractivity contribution in [2.24, 2.45) is 0 Å². The van der Waals surface area contributed by atoms with Gasteiger partial charge >= 0.3 is 0 Å². The molecular weight excluding hydrogens is 418 g/mol. The minimum atomic E-state index is -3.45. The molecule has 2 aromatic carbocycles. The van der Waals surface area contributed by atoms with E-state index in [1.54, 1.807) is 55.5 Å². The third kappa shape index (κ3) is 5.12. The van der Waals surface area contributed by atoms with Crippen molar-refractivity contribution in [2.75, 3.05) is 33.6 Å².